The van der Waals surface area contributed by atoms with Gasteiger partial charge in [-0.25, -0.2) is 0 Å². The summed E-state index contributed by atoms with van der Waals surface area (Å²) < 4.78 is 5.75. The standard InChI is InChI=1S/C32H52O4/c1-3-5-7-9-11-12-13-14-15-16-17-19-25-29-32(35)36-30(26-22-18-10-8-6-4-2)27-23-20-21-24-28-31(33)34/h5,7,11-12,14-15,17,19,22,26,30H,3-4,6,8-10,13,16,18,20-21,23-25,27-29H2,1-2H3,(H,33,34)/b7-5-,12-11-,15-14-,19-17-,26-22-. The monoisotopic (exact) mass is 500 g/mol. The number of unbranched alkanes of at least 4 members (excludes halogenated alkanes) is 7. The molecule has 1 N–H and O–H groups in total. The zero-order valence-electron chi connectivity index (χ0n) is 23.0. The molecule has 0 bridgehead atoms. The SMILES string of the molecule is CC/C=C\C/C=C\C/C=C\C/C=C\CCC(=O)OC(/C=C\CCCCCC)CCCCCCC(=O)O. The van der Waals surface area contributed by atoms with E-state index in [2.05, 4.69) is 74.6 Å². The predicted octanol–water partition coefficient (Wildman–Crippen LogP) is 9.44. The van der Waals surface area contributed by atoms with Crippen molar-refractivity contribution in [3.63, 3.8) is 0 Å². The molecule has 4 heteroatoms. The van der Waals surface area contributed by atoms with Crippen LogP contribution in [0, 0.1) is 0 Å². The van der Waals surface area contributed by atoms with Crippen molar-refractivity contribution >= 4 is 11.9 Å². The highest BCUT2D eigenvalue weighted by Gasteiger charge is 2.11. The third-order valence-corrected chi connectivity index (χ3v) is 5.72. The van der Waals surface area contributed by atoms with Crippen molar-refractivity contribution in [3.8, 4) is 0 Å². The van der Waals surface area contributed by atoms with Crippen LogP contribution in [0.25, 0.3) is 0 Å². The second-order valence-corrected chi connectivity index (χ2v) is 9.19. The lowest BCUT2D eigenvalue weighted by Gasteiger charge is -2.14. The number of hydrogen-bond acceptors (Lipinski definition) is 3. The van der Waals surface area contributed by atoms with E-state index in [0.717, 1.165) is 57.8 Å². The Kier molecular flexibility index (Phi) is 25.4. The fourth-order valence-electron chi connectivity index (χ4n) is 3.63. The van der Waals surface area contributed by atoms with E-state index in [4.69, 9.17) is 9.84 Å². The first kappa shape index (κ1) is 33.6. The van der Waals surface area contributed by atoms with Gasteiger partial charge in [-0.1, -0.05) is 101 Å². The number of esters is 1. The van der Waals surface area contributed by atoms with E-state index in [1.54, 1.807) is 0 Å². The lowest BCUT2D eigenvalue weighted by molar-refractivity contribution is -0.147. The van der Waals surface area contributed by atoms with E-state index >= 15 is 0 Å². The number of allylic oxidation sites excluding steroid dienone is 9. The number of carboxylic acids is 1. The van der Waals surface area contributed by atoms with Gasteiger partial charge in [-0.3, -0.25) is 9.59 Å². The molecule has 0 heterocycles. The number of carbonyl (C=O) groups is 2. The number of rotatable bonds is 24. The van der Waals surface area contributed by atoms with Crippen LogP contribution in [0.3, 0.4) is 0 Å². The maximum absolute atomic E-state index is 12.4. The molecule has 0 aliphatic rings. The Morgan fingerprint density at radius 1 is 0.667 bits per heavy atom. The zero-order chi connectivity index (χ0) is 26.5. The number of aliphatic carboxylic acids is 1. The van der Waals surface area contributed by atoms with Crippen molar-refractivity contribution in [2.45, 2.75) is 129 Å². The molecule has 0 aliphatic carbocycles. The fraction of sp³-hybridized carbons (Fsp3) is 0.625. The summed E-state index contributed by atoms with van der Waals surface area (Å²) in [5.41, 5.74) is 0. The smallest absolute Gasteiger partial charge is 0.306 e. The number of carbonyl (C=O) groups excluding carboxylic acids is 1. The number of hydrogen-bond donors (Lipinski definition) is 1. The lowest BCUT2D eigenvalue weighted by Crippen LogP contribution is -2.16. The molecule has 0 rings (SSSR count). The second-order valence-electron chi connectivity index (χ2n) is 9.19. The summed E-state index contributed by atoms with van der Waals surface area (Å²) in [6, 6.07) is 0. The molecule has 0 aliphatic heterocycles. The maximum atomic E-state index is 12.4. The minimum Gasteiger partial charge on any atom is -0.481 e. The summed E-state index contributed by atoms with van der Waals surface area (Å²) in [7, 11) is 0. The first-order valence-corrected chi connectivity index (χ1v) is 14.3. The maximum Gasteiger partial charge on any atom is 0.306 e. The van der Waals surface area contributed by atoms with Crippen LogP contribution in [0.15, 0.2) is 60.8 Å². The van der Waals surface area contributed by atoms with E-state index < -0.39 is 5.97 Å². The molecule has 36 heavy (non-hydrogen) atoms. The van der Waals surface area contributed by atoms with Crippen molar-refractivity contribution in [1.29, 1.82) is 0 Å². The molecule has 0 saturated heterocycles. The van der Waals surface area contributed by atoms with Crippen LogP contribution in [0.4, 0.5) is 0 Å². The molecular formula is C32H52O4. The van der Waals surface area contributed by atoms with Gasteiger partial charge in [0.15, 0.2) is 0 Å². The van der Waals surface area contributed by atoms with E-state index in [1.807, 2.05) is 0 Å². The predicted molar refractivity (Wildman–Crippen MR) is 153 cm³/mol. The van der Waals surface area contributed by atoms with Crippen molar-refractivity contribution in [1.82, 2.24) is 0 Å². The third-order valence-electron chi connectivity index (χ3n) is 5.72. The van der Waals surface area contributed by atoms with E-state index in [9.17, 15) is 9.59 Å². The van der Waals surface area contributed by atoms with Gasteiger partial charge in [-0.05, 0) is 70.3 Å². The summed E-state index contributed by atoms with van der Waals surface area (Å²) in [5.74, 6) is -0.884. The van der Waals surface area contributed by atoms with Crippen LogP contribution < -0.4 is 0 Å². The normalized spacial score (nSPS) is 13.2. The molecule has 204 valence electrons. The number of carboxylic acid groups (broad SMARTS) is 1. The van der Waals surface area contributed by atoms with Crippen molar-refractivity contribution in [2.75, 3.05) is 0 Å². The molecular weight excluding hydrogens is 448 g/mol. The van der Waals surface area contributed by atoms with E-state index in [-0.39, 0.29) is 18.5 Å². The largest absolute Gasteiger partial charge is 0.481 e. The number of ether oxygens (including phenoxy) is 1. The van der Waals surface area contributed by atoms with E-state index in [0.29, 0.717) is 19.3 Å². The van der Waals surface area contributed by atoms with Crippen LogP contribution in [0.1, 0.15) is 123 Å². The minimum atomic E-state index is -0.735. The molecule has 0 aromatic rings. The minimum absolute atomic E-state index is 0.149. The Bertz CT molecular complexity index is 670. The van der Waals surface area contributed by atoms with Gasteiger partial charge in [0.25, 0.3) is 0 Å². The van der Waals surface area contributed by atoms with Crippen LogP contribution in [-0.2, 0) is 14.3 Å². The van der Waals surface area contributed by atoms with Gasteiger partial charge in [0.05, 0.1) is 0 Å². The summed E-state index contributed by atoms with van der Waals surface area (Å²) in [6.45, 7) is 4.35. The van der Waals surface area contributed by atoms with Crippen LogP contribution in [-0.4, -0.2) is 23.1 Å². The van der Waals surface area contributed by atoms with Crippen molar-refractivity contribution in [3.05, 3.63) is 60.8 Å². The Hall–Kier alpha value is -2.36. The molecule has 0 aromatic carbocycles. The topological polar surface area (TPSA) is 63.6 Å². The molecule has 1 atom stereocenters. The summed E-state index contributed by atoms with van der Waals surface area (Å²) >= 11 is 0. The Morgan fingerprint density at radius 2 is 1.28 bits per heavy atom. The molecule has 0 radical (unpaired) electrons. The zero-order valence-corrected chi connectivity index (χ0v) is 23.0. The quantitative estimate of drug-likeness (QED) is 0.0814. The summed E-state index contributed by atoms with van der Waals surface area (Å²) in [4.78, 5) is 23.0. The molecule has 0 saturated carbocycles. The molecule has 0 spiro atoms. The van der Waals surface area contributed by atoms with Crippen molar-refractivity contribution in [2.24, 2.45) is 0 Å². The summed E-state index contributed by atoms with van der Waals surface area (Å²) in [6.07, 6.45) is 36.7. The molecule has 4 nitrogen and oxygen atoms in total. The van der Waals surface area contributed by atoms with Gasteiger partial charge >= 0.3 is 11.9 Å². The van der Waals surface area contributed by atoms with Gasteiger partial charge in [-0.2, -0.15) is 0 Å². The molecule has 0 amide bonds. The van der Waals surface area contributed by atoms with Gasteiger partial charge in [-0.15, -0.1) is 0 Å². The van der Waals surface area contributed by atoms with Crippen LogP contribution >= 0.6 is 0 Å². The first-order chi connectivity index (χ1) is 17.6. The van der Waals surface area contributed by atoms with Gasteiger partial charge < -0.3 is 9.84 Å². The highest BCUT2D eigenvalue weighted by atomic mass is 16.5. The Labute approximate surface area is 221 Å². The third kappa shape index (κ3) is 26.2. The van der Waals surface area contributed by atoms with Crippen LogP contribution in [0.5, 0.6) is 0 Å². The van der Waals surface area contributed by atoms with Gasteiger partial charge in [0, 0.05) is 12.8 Å². The highest BCUT2D eigenvalue weighted by molar-refractivity contribution is 5.69. The fourth-order valence-corrected chi connectivity index (χ4v) is 3.63. The average Bonchev–Trinajstić information content (AvgIpc) is 2.85. The Morgan fingerprint density at radius 3 is 1.92 bits per heavy atom. The van der Waals surface area contributed by atoms with Gasteiger partial charge in [0.1, 0.15) is 6.10 Å². The second kappa shape index (κ2) is 27.2. The molecule has 0 fully saturated rings. The lowest BCUT2D eigenvalue weighted by atomic mass is 10.1. The van der Waals surface area contributed by atoms with Crippen LogP contribution in [0.2, 0.25) is 0 Å². The Balaban J connectivity index is 4.23. The van der Waals surface area contributed by atoms with E-state index in [1.165, 1.54) is 25.7 Å². The van der Waals surface area contributed by atoms with Crippen molar-refractivity contribution < 1.29 is 19.4 Å². The highest BCUT2D eigenvalue weighted by Crippen LogP contribution is 2.13. The van der Waals surface area contributed by atoms with Gasteiger partial charge in [0.2, 0.25) is 0 Å². The summed E-state index contributed by atoms with van der Waals surface area (Å²) in [5, 5.41) is 8.75. The molecule has 0 aromatic heterocycles. The average molecular weight is 501 g/mol. The first-order valence-electron chi connectivity index (χ1n) is 14.3. The molecule has 1 unspecified atom stereocenters.